The van der Waals surface area contributed by atoms with Gasteiger partial charge in [-0.25, -0.2) is 9.97 Å². The molecule has 0 fully saturated rings. The summed E-state index contributed by atoms with van der Waals surface area (Å²) < 4.78 is 42.0. The zero-order valence-corrected chi connectivity index (χ0v) is 21.1. The van der Waals surface area contributed by atoms with Crippen LogP contribution >= 0.6 is 11.8 Å². The Balaban J connectivity index is 1.71. The second kappa shape index (κ2) is 11.3. The van der Waals surface area contributed by atoms with Crippen molar-refractivity contribution < 1.29 is 13.2 Å². The van der Waals surface area contributed by atoms with E-state index in [0.717, 1.165) is 29.1 Å². The molecule has 0 amide bonds. The number of halogens is 3. The van der Waals surface area contributed by atoms with Gasteiger partial charge in [-0.3, -0.25) is 4.68 Å². The summed E-state index contributed by atoms with van der Waals surface area (Å²) in [6.07, 6.45) is 2.76. The summed E-state index contributed by atoms with van der Waals surface area (Å²) >= 11 is 1.83. The highest BCUT2D eigenvalue weighted by atomic mass is 32.2. The Kier molecular flexibility index (Phi) is 8.62. The number of hydrogen-bond acceptors (Lipinski definition) is 5. The van der Waals surface area contributed by atoms with Gasteiger partial charge in [0, 0.05) is 35.6 Å². The molecule has 2 aromatic heterocycles. The van der Waals surface area contributed by atoms with Crippen molar-refractivity contribution in [2.24, 2.45) is 18.9 Å². The van der Waals surface area contributed by atoms with E-state index in [9.17, 15) is 13.2 Å². The Morgan fingerprint density at radius 1 is 1.18 bits per heavy atom. The van der Waals surface area contributed by atoms with Crippen LogP contribution in [0.5, 0.6) is 0 Å². The number of nitrogens with one attached hydrogen (secondary N) is 1. The van der Waals surface area contributed by atoms with E-state index in [0.29, 0.717) is 5.92 Å². The van der Waals surface area contributed by atoms with E-state index in [1.54, 1.807) is 7.05 Å². The molecule has 1 N–H and O–H groups in total. The summed E-state index contributed by atoms with van der Waals surface area (Å²) in [6, 6.07) is 6.02. The topological polar surface area (TPSA) is 55.6 Å². The summed E-state index contributed by atoms with van der Waals surface area (Å²) in [5.41, 5.74) is 0.927. The number of hydrogen-bond donors (Lipinski definition) is 1. The van der Waals surface area contributed by atoms with Crippen molar-refractivity contribution in [3.8, 4) is 11.3 Å². The van der Waals surface area contributed by atoms with E-state index < -0.39 is 11.7 Å². The van der Waals surface area contributed by atoms with Gasteiger partial charge < -0.3 is 5.32 Å². The van der Waals surface area contributed by atoms with E-state index >= 15 is 0 Å². The molecule has 184 valence electrons. The van der Waals surface area contributed by atoms with Crippen molar-refractivity contribution in [2.75, 3.05) is 11.1 Å². The van der Waals surface area contributed by atoms with Crippen LogP contribution in [-0.4, -0.2) is 25.5 Å². The SMILES string of the molecule is CCC(CCCSc1ccc(Nc2ncc(C(F)(F)F)c(-c3cnn(C)c3)n2)c(C)c1)C(C)C. The first kappa shape index (κ1) is 26.1. The molecule has 5 nitrogen and oxygen atoms in total. The number of nitrogens with zero attached hydrogens (tertiary/aromatic N) is 4. The molecule has 1 aromatic carbocycles. The summed E-state index contributed by atoms with van der Waals surface area (Å²) in [6.45, 7) is 8.80. The van der Waals surface area contributed by atoms with Crippen LogP contribution < -0.4 is 5.32 Å². The Morgan fingerprint density at radius 3 is 2.53 bits per heavy atom. The number of benzene rings is 1. The number of rotatable bonds is 10. The fraction of sp³-hybridized carbons (Fsp3) is 0.480. The minimum absolute atomic E-state index is 0.106. The number of aryl methyl sites for hydroxylation is 2. The van der Waals surface area contributed by atoms with Crippen LogP contribution in [0.25, 0.3) is 11.3 Å². The van der Waals surface area contributed by atoms with Gasteiger partial charge in [0.2, 0.25) is 5.95 Å². The van der Waals surface area contributed by atoms with Crippen LogP contribution in [0.4, 0.5) is 24.8 Å². The van der Waals surface area contributed by atoms with Gasteiger partial charge in [0.15, 0.2) is 0 Å². The third-order valence-electron chi connectivity index (χ3n) is 5.97. The van der Waals surface area contributed by atoms with Gasteiger partial charge in [-0.1, -0.05) is 27.2 Å². The lowest BCUT2D eigenvalue weighted by Crippen LogP contribution is -2.11. The average Bonchev–Trinajstić information content (AvgIpc) is 3.20. The zero-order valence-electron chi connectivity index (χ0n) is 20.3. The Labute approximate surface area is 203 Å². The zero-order chi connectivity index (χ0) is 24.9. The molecule has 0 bridgehead atoms. The smallest absolute Gasteiger partial charge is 0.324 e. The second-order valence-corrected chi connectivity index (χ2v) is 10.0. The first-order valence-corrected chi connectivity index (χ1v) is 12.5. The lowest BCUT2D eigenvalue weighted by atomic mass is 9.89. The molecule has 0 radical (unpaired) electrons. The maximum absolute atomic E-state index is 13.5. The van der Waals surface area contributed by atoms with Gasteiger partial charge in [0.05, 0.1) is 11.9 Å². The first-order chi connectivity index (χ1) is 16.1. The Bertz CT molecular complexity index is 1090. The fourth-order valence-electron chi connectivity index (χ4n) is 3.94. The van der Waals surface area contributed by atoms with Crippen molar-refractivity contribution >= 4 is 23.4 Å². The van der Waals surface area contributed by atoms with Crippen LogP contribution in [0.15, 0.2) is 41.7 Å². The molecule has 0 spiro atoms. The molecular weight excluding hydrogens is 459 g/mol. The largest absolute Gasteiger partial charge is 0.419 e. The Morgan fingerprint density at radius 2 is 1.94 bits per heavy atom. The number of alkyl halides is 3. The van der Waals surface area contributed by atoms with E-state index in [1.807, 2.05) is 30.8 Å². The maximum atomic E-state index is 13.5. The van der Waals surface area contributed by atoms with Gasteiger partial charge in [0.25, 0.3) is 0 Å². The van der Waals surface area contributed by atoms with Crippen LogP contribution in [0.2, 0.25) is 0 Å². The van der Waals surface area contributed by atoms with Crippen LogP contribution in [0, 0.1) is 18.8 Å². The predicted octanol–water partition coefficient (Wildman–Crippen LogP) is 7.50. The molecule has 1 atom stereocenters. The summed E-state index contributed by atoms with van der Waals surface area (Å²) in [5, 5.41) is 7.04. The molecule has 34 heavy (non-hydrogen) atoms. The van der Waals surface area contributed by atoms with Crippen LogP contribution in [0.1, 0.15) is 51.2 Å². The molecule has 9 heteroatoms. The highest BCUT2D eigenvalue weighted by Crippen LogP contribution is 2.36. The standard InChI is InChI=1S/C25H32F3N5S/c1-6-18(16(2)3)8-7-11-34-20-9-10-22(17(4)12-20)31-24-29-14-21(25(26,27)28)23(32-24)19-13-30-33(5)15-19/h9-10,12-16,18H,6-8,11H2,1-5H3,(H,29,31,32). The van der Waals surface area contributed by atoms with E-state index in [4.69, 9.17) is 0 Å². The van der Waals surface area contributed by atoms with Crippen LogP contribution in [-0.2, 0) is 13.2 Å². The van der Waals surface area contributed by atoms with Crippen molar-refractivity contribution in [1.82, 2.24) is 19.7 Å². The third-order valence-corrected chi connectivity index (χ3v) is 7.05. The van der Waals surface area contributed by atoms with Gasteiger partial charge in [-0.15, -0.1) is 11.8 Å². The van der Waals surface area contributed by atoms with Crippen molar-refractivity contribution in [3.05, 3.63) is 47.9 Å². The number of thioether (sulfide) groups is 1. The highest BCUT2D eigenvalue weighted by Gasteiger charge is 2.35. The maximum Gasteiger partial charge on any atom is 0.419 e. The second-order valence-electron chi connectivity index (χ2n) is 8.86. The third kappa shape index (κ3) is 6.74. The first-order valence-electron chi connectivity index (χ1n) is 11.5. The highest BCUT2D eigenvalue weighted by molar-refractivity contribution is 7.99. The molecule has 1 unspecified atom stereocenters. The van der Waals surface area contributed by atoms with E-state index in [2.05, 4.69) is 47.2 Å². The molecule has 0 aliphatic rings. The van der Waals surface area contributed by atoms with Gasteiger partial charge in [-0.05, 0) is 61.1 Å². The summed E-state index contributed by atoms with van der Waals surface area (Å²) in [5.74, 6) is 2.66. The normalized spacial score (nSPS) is 12.9. The molecule has 0 saturated carbocycles. The molecule has 3 rings (SSSR count). The fourth-order valence-corrected chi connectivity index (χ4v) is 4.92. The summed E-state index contributed by atoms with van der Waals surface area (Å²) in [7, 11) is 1.65. The average molecular weight is 492 g/mol. The quantitative estimate of drug-likeness (QED) is 0.235. The summed E-state index contributed by atoms with van der Waals surface area (Å²) in [4.78, 5) is 9.27. The van der Waals surface area contributed by atoms with Crippen LogP contribution in [0.3, 0.4) is 0 Å². The lowest BCUT2D eigenvalue weighted by Gasteiger charge is -2.18. The van der Waals surface area contributed by atoms with Crippen molar-refractivity contribution in [2.45, 2.75) is 58.0 Å². The van der Waals surface area contributed by atoms with Gasteiger partial charge >= 0.3 is 6.18 Å². The van der Waals surface area contributed by atoms with E-state index in [1.165, 1.54) is 41.2 Å². The minimum atomic E-state index is -4.56. The monoisotopic (exact) mass is 491 g/mol. The minimum Gasteiger partial charge on any atom is -0.324 e. The molecule has 2 heterocycles. The molecule has 3 aromatic rings. The number of anilines is 2. The molecule has 0 aliphatic heterocycles. The molecule has 0 aliphatic carbocycles. The predicted molar refractivity (Wildman–Crippen MR) is 132 cm³/mol. The molecular formula is C25H32F3N5S. The van der Waals surface area contributed by atoms with Crippen molar-refractivity contribution in [3.63, 3.8) is 0 Å². The Hall–Kier alpha value is -2.55. The lowest BCUT2D eigenvalue weighted by molar-refractivity contribution is -0.137. The van der Waals surface area contributed by atoms with Gasteiger partial charge in [-0.2, -0.15) is 18.3 Å². The molecule has 0 saturated heterocycles. The van der Waals surface area contributed by atoms with E-state index in [-0.39, 0.29) is 17.2 Å². The van der Waals surface area contributed by atoms with Gasteiger partial charge in [0.1, 0.15) is 5.56 Å². The number of aromatic nitrogens is 4. The van der Waals surface area contributed by atoms with Crippen molar-refractivity contribution in [1.29, 1.82) is 0 Å².